The maximum absolute atomic E-state index is 10.9. The lowest BCUT2D eigenvalue weighted by Gasteiger charge is -2.02. The first kappa shape index (κ1) is 12.9. The minimum absolute atomic E-state index is 0.123. The van der Waals surface area contributed by atoms with E-state index in [1.54, 1.807) is 18.2 Å². The summed E-state index contributed by atoms with van der Waals surface area (Å²) in [7, 11) is 0. The second-order valence-electron chi connectivity index (χ2n) is 3.86. The molecule has 0 saturated heterocycles. The summed E-state index contributed by atoms with van der Waals surface area (Å²) in [4.78, 5) is 12.1. The summed E-state index contributed by atoms with van der Waals surface area (Å²) >= 11 is 7.23. The van der Waals surface area contributed by atoms with E-state index >= 15 is 0 Å². The molecule has 0 saturated carbocycles. The van der Waals surface area contributed by atoms with Crippen molar-refractivity contribution in [2.45, 2.75) is 9.79 Å². The van der Waals surface area contributed by atoms with E-state index in [0.717, 1.165) is 9.79 Å². The number of nitrogens with zero attached hydrogens (tertiary/aromatic N) is 3. The van der Waals surface area contributed by atoms with Gasteiger partial charge in [-0.2, -0.15) is 0 Å². The first-order valence-electron chi connectivity index (χ1n) is 5.48. The van der Waals surface area contributed by atoms with Crippen molar-refractivity contribution < 1.29 is 9.55 Å². The third kappa shape index (κ3) is 2.33. The Hall–Kier alpha value is -2.12. The van der Waals surface area contributed by atoms with Gasteiger partial charge < -0.3 is 0 Å². The Bertz CT molecular complexity index is 788. The lowest BCUT2D eigenvalue weighted by Crippen LogP contribution is -1.90. The lowest BCUT2D eigenvalue weighted by molar-refractivity contribution is -0.383. The molecule has 3 aromatic rings. The zero-order chi connectivity index (χ0) is 14.1. The summed E-state index contributed by atoms with van der Waals surface area (Å²) in [6.45, 7) is 0. The van der Waals surface area contributed by atoms with Crippen LogP contribution in [0, 0.1) is 10.1 Å². The third-order valence-corrected chi connectivity index (χ3v) is 3.90. The van der Waals surface area contributed by atoms with Crippen molar-refractivity contribution in [3.05, 3.63) is 51.5 Å². The maximum Gasteiger partial charge on any atom is 0.300 e. The zero-order valence-corrected chi connectivity index (χ0v) is 11.4. The summed E-state index contributed by atoms with van der Waals surface area (Å²) in [6.07, 6.45) is 0. The molecule has 1 heterocycles. The van der Waals surface area contributed by atoms with Crippen molar-refractivity contribution in [2.75, 3.05) is 0 Å². The number of non-ortho nitro benzene ring substituents is 1. The molecule has 0 bridgehead atoms. The molecule has 8 heteroatoms. The molecule has 3 rings (SSSR count). The molecular formula is C12H6ClN3O3S. The average molecular weight is 308 g/mol. The van der Waals surface area contributed by atoms with Crippen molar-refractivity contribution in [3.8, 4) is 0 Å². The number of benzene rings is 2. The van der Waals surface area contributed by atoms with E-state index in [2.05, 4.69) is 14.9 Å². The van der Waals surface area contributed by atoms with Crippen LogP contribution in [0.3, 0.4) is 0 Å². The van der Waals surface area contributed by atoms with Crippen LogP contribution >= 0.6 is 23.4 Å². The molecule has 0 aliphatic rings. The van der Waals surface area contributed by atoms with Crippen LogP contribution in [-0.4, -0.2) is 15.2 Å². The average Bonchev–Trinajstić information content (AvgIpc) is 2.91. The number of aromatic nitrogens is 2. The van der Waals surface area contributed by atoms with E-state index in [-0.39, 0.29) is 11.2 Å². The molecule has 20 heavy (non-hydrogen) atoms. The van der Waals surface area contributed by atoms with Gasteiger partial charge in [-0.15, -0.1) is 0 Å². The fourth-order valence-corrected chi connectivity index (χ4v) is 2.71. The van der Waals surface area contributed by atoms with Gasteiger partial charge >= 0.3 is 5.69 Å². The Labute approximate surface area is 121 Å². The van der Waals surface area contributed by atoms with Crippen molar-refractivity contribution in [1.29, 1.82) is 0 Å². The quantitative estimate of drug-likeness (QED) is 0.538. The zero-order valence-electron chi connectivity index (χ0n) is 9.82. The Balaban J connectivity index is 2.04. The molecular weight excluding hydrogens is 302 g/mol. The summed E-state index contributed by atoms with van der Waals surface area (Å²) in [6, 6.07) is 10.3. The molecule has 0 fully saturated rings. The molecule has 0 aliphatic carbocycles. The monoisotopic (exact) mass is 307 g/mol. The standard InChI is InChI=1S/C12H6ClN3O3S/c13-7-1-3-8(4-2-7)20-10-6-5-9(16(17)18)11-12(10)15-19-14-11/h1-6H. The lowest BCUT2D eigenvalue weighted by atomic mass is 10.3. The van der Waals surface area contributed by atoms with Crippen molar-refractivity contribution in [1.82, 2.24) is 10.3 Å². The smallest absolute Gasteiger partial charge is 0.258 e. The van der Waals surface area contributed by atoms with Gasteiger partial charge in [0, 0.05) is 20.9 Å². The van der Waals surface area contributed by atoms with Gasteiger partial charge in [0.2, 0.25) is 5.52 Å². The van der Waals surface area contributed by atoms with Crippen LogP contribution in [0.15, 0.2) is 50.8 Å². The summed E-state index contributed by atoms with van der Waals surface area (Å²) < 4.78 is 4.61. The molecule has 1 aromatic heterocycles. The Morgan fingerprint density at radius 3 is 2.50 bits per heavy atom. The van der Waals surface area contributed by atoms with Gasteiger partial charge in [-0.1, -0.05) is 23.4 Å². The van der Waals surface area contributed by atoms with Crippen molar-refractivity contribution >= 4 is 40.1 Å². The molecule has 0 amide bonds. The predicted octanol–water partition coefficient (Wildman–Crippen LogP) is 3.94. The van der Waals surface area contributed by atoms with E-state index in [1.807, 2.05) is 12.1 Å². The van der Waals surface area contributed by atoms with Gasteiger partial charge in [-0.05, 0) is 40.6 Å². The van der Waals surface area contributed by atoms with E-state index in [0.29, 0.717) is 10.5 Å². The first-order chi connectivity index (χ1) is 9.65. The fourth-order valence-electron chi connectivity index (χ4n) is 1.69. The highest BCUT2D eigenvalue weighted by Crippen LogP contribution is 2.35. The van der Waals surface area contributed by atoms with Crippen LogP contribution < -0.4 is 0 Å². The molecule has 0 aliphatic heterocycles. The van der Waals surface area contributed by atoms with Crippen LogP contribution in [-0.2, 0) is 0 Å². The van der Waals surface area contributed by atoms with Gasteiger partial charge in [0.25, 0.3) is 0 Å². The van der Waals surface area contributed by atoms with Crippen molar-refractivity contribution in [3.63, 3.8) is 0 Å². The maximum atomic E-state index is 10.9. The number of nitro benzene ring substituents is 1. The normalized spacial score (nSPS) is 10.8. The first-order valence-corrected chi connectivity index (χ1v) is 6.67. The van der Waals surface area contributed by atoms with Crippen LogP contribution in [0.4, 0.5) is 5.69 Å². The number of rotatable bonds is 3. The van der Waals surface area contributed by atoms with Gasteiger partial charge in [-0.25, -0.2) is 4.63 Å². The summed E-state index contributed by atoms with van der Waals surface area (Å²) in [5.74, 6) is 0. The molecule has 0 spiro atoms. The highest BCUT2D eigenvalue weighted by Gasteiger charge is 2.19. The molecule has 0 unspecified atom stereocenters. The van der Waals surface area contributed by atoms with Crippen molar-refractivity contribution in [2.24, 2.45) is 0 Å². The van der Waals surface area contributed by atoms with Gasteiger partial charge in [0.1, 0.15) is 0 Å². The SMILES string of the molecule is O=[N+]([O-])c1ccc(Sc2ccc(Cl)cc2)c2nonc12. The van der Waals surface area contributed by atoms with E-state index < -0.39 is 4.92 Å². The van der Waals surface area contributed by atoms with E-state index in [4.69, 9.17) is 11.6 Å². The minimum Gasteiger partial charge on any atom is -0.258 e. The summed E-state index contributed by atoms with van der Waals surface area (Å²) in [5, 5.41) is 18.9. The number of hydrogen-bond donors (Lipinski definition) is 0. The highest BCUT2D eigenvalue weighted by atomic mass is 35.5. The van der Waals surface area contributed by atoms with Crippen LogP contribution in [0.1, 0.15) is 0 Å². The van der Waals surface area contributed by atoms with Gasteiger partial charge in [0.15, 0.2) is 5.52 Å². The minimum atomic E-state index is -0.511. The number of fused-ring (bicyclic) bond motifs is 1. The predicted molar refractivity (Wildman–Crippen MR) is 74.0 cm³/mol. The molecule has 0 atom stereocenters. The Morgan fingerprint density at radius 1 is 1.10 bits per heavy atom. The molecule has 0 radical (unpaired) electrons. The largest absolute Gasteiger partial charge is 0.300 e. The van der Waals surface area contributed by atoms with Crippen LogP contribution in [0.2, 0.25) is 5.02 Å². The highest BCUT2D eigenvalue weighted by molar-refractivity contribution is 7.99. The van der Waals surface area contributed by atoms with E-state index in [9.17, 15) is 10.1 Å². The van der Waals surface area contributed by atoms with Crippen LogP contribution in [0.25, 0.3) is 11.0 Å². The number of hydrogen-bond acceptors (Lipinski definition) is 6. The van der Waals surface area contributed by atoms with Gasteiger partial charge in [-0.3, -0.25) is 10.1 Å². The second-order valence-corrected chi connectivity index (χ2v) is 5.41. The third-order valence-electron chi connectivity index (χ3n) is 2.60. The molecule has 6 nitrogen and oxygen atoms in total. The second kappa shape index (κ2) is 5.10. The summed E-state index contributed by atoms with van der Waals surface area (Å²) in [5.41, 5.74) is 0.398. The number of nitro groups is 1. The number of halogens is 1. The molecule has 0 N–H and O–H groups in total. The fraction of sp³-hybridized carbons (Fsp3) is 0. The molecule has 100 valence electrons. The Kier molecular flexibility index (Phi) is 3.29. The van der Waals surface area contributed by atoms with Gasteiger partial charge in [0.05, 0.1) is 4.92 Å². The van der Waals surface area contributed by atoms with E-state index in [1.165, 1.54) is 17.8 Å². The van der Waals surface area contributed by atoms with Crippen LogP contribution in [0.5, 0.6) is 0 Å². The molecule has 2 aromatic carbocycles. The topological polar surface area (TPSA) is 82.1 Å². The Morgan fingerprint density at radius 2 is 1.80 bits per heavy atom.